The summed E-state index contributed by atoms with van der Waals surface area (Å²) in [7, 11) is 0. The summed E-state index contributed by atoms with van der Waals surface area (Å²) in [5.41, 5.74) is 0.442. The fourth-order valence-corrected chi connectivity index (χ4v) is 1.69. The van der Waals surface area contributed by atoms with Crippen LogP contribution in [0.2, 0.25) is 0 Å². The second-order valence-electron chi connectivity index (χ2n) is 5.84. The molecule has 0 aliphatic carbocycles. The lowest BCUT2D eigenvalue weighted by molar-refractivity contribution is 0.209. The van der Waals surface area contributed by atoms with Gasteiger partial charge in [-0.2, -0.15) is 0 Å². The third-order valence-corrected chi connectivity index (χ3v) is 2.96. The first-order valence-electron chi connectivity index (χ1n) is 6.08. The highest BCUT2D eigenvalue weighted by molar-refractivity contribution is 4.76. The molecule has 1 N–H and O–H groups in total. The van der Waals surface area contributed by atoms with Crippen molar-refractivity contribution in [2.24, 2.45) is 17.3 Å². The van der Waals surface area contributed by atoms with Crippen LogP contribution in [0.5, 0.6) is 0 Å². The van der Waals surface area contributed by atoms with Gasteiger partial charge in [-0.15, -0.1) is 0 Å². The molecule has 86 valence electrons. The average molecular weight is 199 g/mol. The van der Waals surface area contributed by atoms with Gasteiger partial charge in [0.15, 0.2) is 0 Å². The highest BCUT2D eigenvalue weighted by Crippen LogP contribution is 2.30. The molecular formula is C13H29N. The molecule has 0 heterocycles. The molecule has 0 aromatic rings. The van der Waals surface area contributed by atoms with E-state index in [9.17, 15) is 0 Å². The third-order valence-electron chi connectivity index (χ3n) is 2.96. The van der Waals surface area contributed by atoms with Gasteiger partial charge < -0.3 is 5.32 Å². The van der Waals surface area contributed by atoms with Crippen LogP contribution in [0.25, 0.3) is 0 Å². The van der Waals surface area contributed by atoms with Crippen LogP contribution in [0.15, 0.2) is 0 Å². The summed E-state index contributed by atoms with van der Waals surface area (Å²) >= 11 is 0. The summed E-state index contributed by atoms with van der Waals surface area (Å²) in [6, 6.07) is 0. The predicted molar refractivity (Wildman–Crippen MR) is 65.6 cm³/mol. The number of hydrogen-bond donors (Lipinski definition) is 1. The van der Waals surface area contributed by atoms with Crippen molar-refractivity contribution in [2.45, 2.75) is 54.4 Å². The van der Waals surface area contributed by atoms with E-state index < -0.39 is 0 Å². The lowest BCUT2D eigenvalue weighted by atomic mass is 9.77. The molecule has 1 atom stereocenters. The van der Waals surface area contributed by atoms with Crippen molar-refractivity contribution in [2.75, 3.05) is 13.1 Å². The zero-order valence-corrected chi connectivity index (χ0v) is 11.0. The van der Waals surface area contributed by atoms with Crippen molar-refractivity contribution >= 4 is 0 Å². The monoisotopic (exact) mass is 199 g/mol. The van der Waals surface area contributed by atoms with E-state index in [1.165, 1.54) is 19.4 Å². The van der Waals surface area contributed by atoms with Crippen LogP contribution in [0.1, 0.15) is 54.4 Å². The zero-order chi connectivity index (χ0) is 11.2. The Balaban J connectivity index is 3.98. The first kappa shape index (κ1) is 14.0. The molecule has 0 rings (SSSR count). The Hall–Kier alpha value is -0.0400. The summed E-state index contributed by atoms with van der Waals surface area (Å²) in [6.07, 6.45) is 2.71. The Bertz CT molecular complexity index is 133. The number of hydrogen-bond acceptors (Lipinski definition) is 1. The molecule has 0 aromatic carbocycles. The maximum Gasteiger partial charge on any atom is -0.00156 e. The molecule has 0 fully saturated rings. The third kappa shape index (κ3) is 6.42. The standard InChI is InChI=1S/C13H29N/c1-7-14-10-12(13(4,5)6)9-8-11(2)3/h11-12,14H,7-10H2,1-6H3. The van der Waals surface area contributed by atoms with Gasteiger partial charge in [0.1, 0.15) is 0 Å². The number of nitrogens with one attached hydrogen (secondary N) is 1. The van der Waals surface area contributed by atoms with Crippen LogP contribution in [0, 0.1) is 17.3 Å². The van der Waals surface area contributed by atoms with E-state index in [1.54, 1.807) is 0 Å². The summed E-state index contributed by atoms with van der Waals surface area (Å²) in [6.45, 7) is 16.1. The topological polar surface area (TPSA) is 12.0 Å². The van der Waals surface area contributed by atoms with Crippen molar-refractivity contribution in [1.82, 2.24) is 5.32 Å². The quantitative estimate of drug-likeness (QED) is 0.688. The van der Waals surface area contributed by atoms with Crippen molar-refractivity contribution in [1.29, 1.82) is 0 Å². The van der Waals surface area contributed by atoms with Gasteiger partial charge in [-0.25, -0.2) is 0 Å². The smallest absolute Gasteiger partial charge is 0.00156 e. The van der Waals surface area contributed by atoms with Crippen molar-refractivity contribution in [3.8, 4) is 0 Å². The minimum atomic E-state index is 0.442. The largest absolute Gasteiger partial charge is 0.317 e. The van der Waals surface area contributed by atoms with Gasteiger partial charge in [-0.3, -0.25) is 0 Å². The van der Waals surface area contributed by atoms with E-state index in [0.29, 0.717) is 5.41 Å². The number of rotatable bonds is 6. The van der Waals surface area contributed by atoms with Crippen LogP contribution >= 0.6 is 0 Å². The highest BCUT2D eigenvalue weighted by Gasteiger charge is 2.23. The molecule has 0 aliphatic rings. The van der Waals surface area contributed by atoms with Gasteiger partial charge in [0, 0.05) is 0 Å². The Kier molecular flexibility index (Phi) is 6.43. The van der Waals surface area contributed by atoms with E-state index in [1.807, 2.05) is 0 Å². The van der Waals surface area contributed by atoms with Gasteiger partial charge in [-0.1, -0.05) is 48.0 Å². The van der Waals surface area contributed by atoms with Gasteiger partial charge in [-0.05, 0) is 36.8 Å². The van der Waals surface area contributed by atoms with Gasteiger partial charge in [0.2, 0.25) is 0 Å². The first-order chi connectivity index (χ1) is 6.38. The van der Waals surface area contributed by atoms with Gasteiger partial charge >= 0.3 is 0 Å². The highest BCUT2D eigenvalue weighted by atomic mass is 14.8. The van der Waals surface area contributed by atoms with Gasteiger partial charge in [0.05, 0.1) is 0 Å². The second kappa shape index (κ2) is 6.44. The molecule has 1 nitrogen and oxygen atoms in total. The molecule has 1 unspecified atom stereocenters. The van der Waals surface area contributed by atoms with Crippen LogP contribution in [0.4, 0.5) is 0 Å². The van der Waals surface area contributed by atoms with Crippen molar-refractivity contribution in [3.05, 3.63) is 0 Å². The summed E-state index contributed by atoms with van der Waals surface area (Å²) in [5, 5.41) is 3.48. The Labute approximate surface area is 90.7 Å². The van der Waals surface area contributed by atoms with E-state index in [0.717, 1.165) is 18.4 Å². The molecule has 0 spiro atoms. The van der Waals surface area contributed by atoms with Crippen LogP contribution in [0.3, 0.4) is 0 Å². The predicted octanol–water partition coefficient (Wildman–Crippen LogP) is 3.69. The summed E-state index contributed by atoms with van der Waals surface area (Å²) in [5.74, 6) is 1.64. The normalized spacial score (nSPS) is 14.8. The molecule has 0 amide bonds. The van der Waals surface area contributed by atoms with E-state index in [-0.39, 0.29) is 0 Å². The lowest BCUT2D eigenvalue weighted by Crippen LogP contribution is -2.32. The fraction of sp³-hybridized carbons (Fsp3) is 1.00. The molecule has 0 radical (unpaired) electrons. The molecule has 14 heavy (non-hydrogen) atoms. The minimum Gasteiger partial charge on any atom is -0.317 e. The molecule has 1 heteroatoms. The summed E-state index contributed by atoms with van der Waals surface area (Å²) < 4.78 is 0. The van der Waals surface area contributed by atoms with E-state index in [2.05, 4.69) is 46.9 Å². The molecule has 0 aromatic heterocycles. The first-order valence-corrected chi connectivity index (χ1v) is 6.08. The fourth-order valence-electron chi connectivity index (χ4n) is 1.69. The molecule has 0 saturated heterocycles. The van der Waals surface area contributed by atoms with Crippen molar-refractivity contribution in [3.63, 3.8) is 0 Å². The van der Waals surface area contributed by atoms with Crippen LogP contribution in [-0.4, -0.2) is 13.1 Å². The lowest BCUT2D eigenvalue weighted by Gasteiger charge is -2.31. The molecule has 0 saturated carbocycles. The van der Waals surface area contributed by atoms with E-state index >= 15 is 0 Å². The maximum absolute atomic E-state index is 3.48. The Morgan fingerprint density at radius 1 is 1.07 bits per heavy atom. The molecular weight excluding hydrogens is 170 g/mol. The van der Waals surface area contributed by atoms with Gasteiger partial charge in [0.25, 0.3) is 0 Å². The Morgan fingerprint density at radius 3 is 2.00 bits per heavy atom. The van der Waals surface area contributed by atoms with Crippen LogP contribution < -0.4 is 5.32 Å². The van der Waals surface area contributed by atoms with Crippen molar-refractivity contribution < 1.29 is 0 Å². The Morgan fingerprint density at radius 2 is 1.64 bits per heavy atom. The molecule has 0 bridgehead atoms. The minimum absolute atomic E-state index is 0.442. The SMILES string of the molecule is CCNCC(CCC(C)C)C(C)(C)C. The molecule has 0 aliphatic heterocycles. The summed E-state index contributed by atoms with van der Waals surface area (Å²) in [4.78, 5) is 0. The maximum atomic E-state index is 3.48. The van der Waals surface area contributed by atoms with Crippen LogP contribution in [-0.2, 0) is 0 Å². The average Bonchev–Trinajstić information content (AvgIpc) is 2.01. The van der Waals surface area contributed by atoms with E-state index in [4.69, 9.17) is 0 Å². The second-order valence-corrected chi connectivity index (χ2v) is 5.84. The zero-order valence-electron chi connectivity index (χ0n) is 11.0.